The van der Waals surface area contributed by atoms with Crippen LogP contribution in [0.1, 0.15) is 46.0 Å². The summed E-state index contributed by atoms with van der Waals surface area (Å²) in [5.41, 5.74) is 5.41. The fourth-order valence-corrected chi connectivity index (χ4v) is 2.80. The number of aliphatic hydroxyl groups is 1. The molecule has 0 heterocycles. The zero-order chi connectivity index (χ0) is 9.69. The summed E-state index contributed by atoms with van der Waals surface area (Å²) in [5.74, 6) is 1.30. The predicted molar refractivity (Wildman–Crippen MR) is 53.3 cm³/mol. The quantitative estimate of drug-likeness (QED) is 0.649. The van der Waals surface area contributed by atoms with Crippen molar-refractivity contribution in [3.63, 3.8) is 0 Å². The van der Waals surface area contributed by atoms with Crippen LogP contribution in [0.15, 0.2) is 0 Å². The molecule has 0 saturated heterocycles. The van der Waals surface area contributed by atoms with E-state index >= 15 is 0 Å². The molecule has 2 atom stereocenters. The lowest BCUT2D eigenvalue weighted by molar-refractivity contribution is -0.0424. The van der Waals surface area contributed by atoms with Crippen LogP contribution in [0.3, 0.4) is 0 Å². The van der Waals surface area contributed by atoms with Gasteiger partial charge in [-0.3, -0.25) is 0 Å². The number of rotatable bonds is 1. The van der Waals surface area contributed by atoms with Crippen molar-refractivity contribution in [2.45, 2.75) is 57.1 Å². The maximum atomic E-state index is 10.4. The smallest absolute Gasteiger partial charge is 0.0829 e. The van der Waals surface area contributed by atoms with Crippen LogP contribution in [0.25, 0.3) is 0 Å². The molecule has 2 fully saturated rings. The van der Waals surface area contributed by atoms with E-state index in [1.165, 1.54) is 0 Å². The summed E-state index contributed by atoms with van der Waals surface area (Å²) in [6.07, 6.45) is 5.12. The second-order valence-electron chi connectivity index (χ2n) is 5.36. The van der Waals surface area contributed by atoms with Crippen LogP contribution in [0.2, 0.25) is 0 Å². The van der Waals surface area contributed by atoms with Crippen LogP contribution in [-0.2, 0) is 0 Å². The molecular formula is C11H21NO. The molecule has 2 nitrogen and oxygen atoms in total. The first-order valence-corrected chi connectivity index (χ1v) is 5.49. The summed E-state index contributed by atoms with van der Waals surface area (Å²) in [5, 5.41) is 10.4. The molecule has 0 radical (unpaired) electrons. The van der Waals surface area contributed by atoms with Gasteiger partial charge in [0.15, 0.2) is 0 Å². The average molecular weight is 183 g/mol. The summed E-state index contributed by atoms with van der Waals surface area (Å²) in [7, 11) is 0. The van der Waals surface area contributed by atoms with Gasteiger partial charge < -0.3 is 10.8 Å². The molecular weight excluding hydrogens is 162 g/mol. The van der Waals surface area contributed by atoms with Gasteiger partial charge in [-0.1, -0.05) is 13.8 Å². The Hall–Kier alpha value is -0.0800. The zero-order valence-electron chi connectivity index (χ0n) is 8.71. The van der Waals surface area contributed by atoms with Crippen LogP contribution in [0.4, 0.5) is 0 Å². The van der Waals surface area contributed by atoms with E-state index in [0.717, 1.165) is 38.0 Å². The average Bonchev–Trinajstić information content (AvgIpc) is 2.69. The van der Waals surface area contributed by atoms with E-state index in [1.807, 2.05) is 0 Å². The van der Waals surface area contributed by atoms with Crippen LogP contribution < -0.4 is 5.73 Å². The topological polar surface area (TPSA) is 46.2 Å². The van der Waals surface area contributed by atoms with Gasteiger partial charge in [-0.2, -0.15) is 0 Å². The molecule has 2 heteroatoms. The Morgan fingerprint density at radius 1 is 1.23 bits per heavy atom. The van der Waals surface area contributed by atoms with E-state index in [-0.39, 0.29) is 5.54 Å². The summed E-state index contributed by atoms with van der Waals surface area (Å²) >= 11 is 0. The lowest BCUT2D eigenvalue weighted by Crippen LogP contribution is -2.53. The van der Waals surface area contributed by atoms with E-state index in [1.54, 1.807) is 0 Å². The number of hydrogen-bond acceptors (Lipinski definition) is 2. The molecule has 76 valence electrons. The highest BCUT2D eigenvalue weighted by Crippen LogP contribution is 2.53. The highest BCUT2D eigenvalue weighted by Gasteiger charge is 2.61. The predicted octanol–water partition coefficient (Wildman–Crippen LogP) is 1.66. The third kappa shape index (κ3) is 1.31. The standard InChI is InChI=1S/C11H21NO/c1-8-3-5-10(13,6-4-8)11(12)7-9(11)2/h8-9,13H,3-7,12H2,1-2H3. The third-order valence-electron chi connectivity index (χ3n) is 4.33. The van der Waals surface area contributed by atoms with Gasteiger partial charge in [-0.05, 0) is 43.9 Å². The molecule has 2 aliphatic carbocycles. The SMILES string of the molecule is CC1CCC(O)(C2(N)CC2C)CC1. The van der Waals surface area contributed by atoms with Crippen LogP contribution >= 0.6 is 0 Å². The summed E-state index contributed by atoms with van der Waals surface area (Å²) < 4.78 is 0. The van der Waals surface area contributed by atoms with Crippen molar-refractivity contribution < 1.29 is 5.11 Å². The highest BCUT2D eigenvalue weighted by atomic mass is 16.3. The van der Waals surface area contributed by atoms with E-state index in [2.05, 4.69) is 13.8 Å². The fourth-order valence-electron chi connectivity index (χ4n) is 2.80. The molecule has 0 amide bonds. The molecule has 0 bridgehead atoms. The molecule has 2 aliphatic rings. The van der Waals surface area contributed by atoms with Gasteiger partial charge >= 0.3 is 0 Å². The van der Waals surface area contributed by atoms with Gasteiger partial charge in [-0.15, -0.1) is 0 Å². The maximum Gasteiger partial charge on any atom is 0.0829 e. The van der Waals surface area contributed by atoms with E-state index in [9.17, 15) is 5.11 Å². The first kappa shape index (κ1) is 9.47. The molecule has 0 aromatic carbocycles. The van der Waals surface area contributed by atoms with Crippen molar-refractivity contribution in [3.05, 3.63) is 0 Å². The Labute approximate surface area is 80.5 Å². The molecule has 0 spiro atoms. The second-order valence-corrected chi connectivity index (χ2v) is 5.36. The first-order chi connectivity index (χ1) is 5.98. The van der Waals surface area contributed by atoms with Crippen molar-refractivity contribution in [1.29, 1.82) is 0 Å². The molecule has 0 aliphatic heterocycles. The Bertz CT molecular complexity index is 208. The molecule has 0 aromatic heterocycles. The normalized spacial score (nSPS) is 56.3. The molecule has 3 N–H and O–H groups in total. The van der Waals surface area contributed by atoms with Crippen molar-refractivity contribution in [2.75, 3.05) is 0 Å². The lowest BCUT2D eigenvalue weighted by Gasteiger charge is -2.40. The van der Waals surface area contributed by atoms with Crippen molar-refractivity contribution >= 4 is 0 Å². The molecule has 2 unspecified atom stereocenters. The van der Waals surface area contributed by atoms with Gasteiger partial charge in [0.1, 0.15) is 0 Å². The van der Waals surface area contributed by atoms with Gasteiger partial charge in [-0.25, -0.2) is 0 Å². The minimum atomic E-state index is -0.543. The number of hydrogen-bond donors (Lipinski definition) is 2. The van der Waals surface area contributed by atoms with Crippen molar-refractivity contribution in [1.82, 2.24) is 0 Å². The summed E-state index contributed by atoms with van der Waals surface area (Å²) in [4.78, 5) is 0. The Morgan fingerprint density at radius 2 is 1.69 bits per heavy atom. The Morgan fingerprint density at radius 3 is 2.08 bits per heavy atom. The lowest BCUT2D eigenvalue weighted by atomic mass is 9.74. The highest BCUT2D eigenvalue weighted by molar-refractivity contribution is 5.18. The van der Waals surface area contributed by atoms with Crippen LogP contribution in [0, 0.1) is 11.8 Å². The molecule has 13 heavy (non-hydrogen) atoms. The zero-order valence-corrected chi connectivity index (χ0v) is 8.71. The second kappa shape index (κ2) is 2.71. The van der Waals surface area contributed by atoms with Gasteiger partial charge in [0.25, 0.3) is 0 Å². The summed E-state index contributed by atoms with van der Waals surface area (Å²) in [6, 6.07) is 0. The van der Waals surface area contributed by atoms with E-state index < -0.39 is 5.60 Å². The van der Waals surface area contributed by atoms with Crippen molar-refractivity contribution in [2.24, 2.45) is 17.6 Å². The van der Waals surface area contributed by atoms with Crippen LogP contribution in [0.5, 0.6) is 0 Å². The Kier molecular flexibility index (Phi) is 1.97. The van der Waals surface area contributed by atoms with Gasteiger partial charge in [0.05, 0.1) is 5.60 Å². The summed E-state index contributed by atoms with van der Waals surface area (Å²) in [6.45, 7) is 4.41. The van der Waals surface area contributed by atoms with Crippen molar-refractivity contribution in [3.8, 4) is 0 Å². The Balaban J connectivity index is 2.05. The minimum Gasteiger partial charge on any atom is -0.388 e. The van der Waals surface area contributed by atoms with E-state index in [0.29, 0.717) is 5.92 Å². The van der Waals surface area contributed by atoms with Crippen LogP contribution in [-0.4, -0.2) is 16.2 Å². The molecule has 2 saturated carbocycles. The number of nitrogens with two attached hydrogens (primary N) is 1. The van der Waals surface area contributed by atoms with Gasteiger partial charge in [0, 0.05) is 5.54 Å². The molecule has 2 rings (SSSR count). The fraction of sp³-hybridized carbons (Fsp3) is 1.00. The van der Waals surface area contributed by atoms with Gasteiger partial charge in [0.2, 0.25) is 0 Å². The largest absolute Gasteiger partial charge is 0.388 e. The third-order valence-corrected chi connectivity index (χ3v) is 4.33. The maximum absolute atomic E-state index is 10.4. The minimum absolute atomic E-state index is 0.243. The van der Waals surface area contributed by atoms with E-state index in [4.69, 9.17) is 5.73 Å². The molecule has 0 aromatic rings. The monoisotopic (exact) mass is 183 g/mol. The first-order valence-electron chi connectivity index (χ1n) is 5.49.